The molecular formula is C20H23N3O2. The Kier molecular flexibility index (Phi) is 5.20. The van der Waals surface area contributed by atoms with E-state index in [1.54, 1.807) is 14.2 Å². The first kappa shape index (κ1) is 17.2. The van der Waals surface area contributed by atoms with Crippen LogP contribution in [0.4, 0.5) is 0 Å². The first-order valence-corrected chi connectivity index (χ1v) is 8.42. The Bertz CT molecular complexity index is 818. The van der Waals surface area contributed by atoms with Gasteiger partial charge in [0.1, 0.15) is 0 Å². The molecule has 1 aliphatic heterocycles. The van der Waals surface area contributed by atoms with Gasteiger partial charge in [-0.15, -0.1) is 12.3 Å². The molecular weight excluding hydrogens is 314 g/mol. The van der Waals surface area contributed by atoms with E-state index in [4.69, 9.17) is 15.9 Å². The molecule has 25 heavy (non-hydrogen) atoms. The molecule has 0 aromatic heterocycles. The molecule has 0 radical (unpaired) electrons. The molecule has 0 bridgehead atoms. The molecule has 5 heteroatoms. The van der Waals surface area contributed by atoms with Gasteiger partial charge in [-0.05, 0) is 41.1 Å². The molecule has 2 aromatic rings. The minimum absolute atomic E-state index is 0.216. The van der Waals surface area contributed by atoms with Crippen LogP contribution in [-0.2, 0) is 6.54 Å². The summed E-state index contributed by atoms with van der Waals surface area (Å²) in [5, 5.41) is 14.0. The van der Waals surface area contributed by atoms with Gasteiger partial charge in [-0.2, -0.15) is 10.2 Å². The summed E-state index contributed by atoms with van der Waals surface area (Å²) in [5.74, 6) is 4.14. The van der Waals surface area contributed by atoms with Crippen LogP contribution in [0.2, 0.25) is 0 Å². The van der Waals surface area contributed by atoms with Crippen molar-refractivity contribution < 1.29 is 9.47 Å². The van der Waals surface area contributed by atoms with E-state index in [1.165, 1.54) is 5.56 Å². The Morgan fingerprint density at radius 1 is 1.04 bits per heavy atom. The van der Waals surface area contributed by atoms with Gasteiger partial charge in [0, 0.05) is 25.8 Å². The quantitative estimate of drug-likeness (QED) is 0.557. The summed E-state index contributed by atoms with van der Waals surface area (Å²) in [6.45, 7) is 1.66. The third-order valence-electron chi connectivity index (χ3n) is 4.49. The van der Waals surface area contributed by atoms with Crippen LogP contribution in [0.5, 0.6) is 11.5 Å². The van der Waals surface area contributed by atoms with Crippen molar-refractivity contribution in [2.24, 2.45) is 10.2 Å². The minimum Gasteiger partial charge on any atom is -0.493 e. The third kappa shape index (κ3) is 4.09. The van der Waals surface area contributed by atoms with E-state index in [0.29, 0.717) is 0 Å². The van der Waals surface area contributed by atoms with Crippen LogP contribution >= 0.6 is 0 Å². The molecule has 3 rings (SSSR count). The van der Waals surface area contributed by atoms with Crippen molar-refractivity contribution in [1.29, 1.82) is 0 Å². The Hall–Kier alpha value is -2.58. The van der Waals surface area contributed by atoms with Crippen molar-refractivity contribution in [2.75, 3.05) is 20.8 Å². The zero-order valence-corrected chi connectivity index (χ0v) is 14.7. The number of fused-ring (bicyclic) bond motifs is 1. The summed E-state index contributed by atoms with van der Waals surface area (Å²) in [6, 6.07) is 10.4. The molecule has 0 unspecified atom stereocenters. The van der Waals surface area contributed by atoms with Crippen LogP contribution in [-0.4, -0.2) is 26.4 Å². The summed E-state index contributed by atoms with van der Waals surface area (Å²) in [4.78, 5) is 0. The molecule has 0 saturated carbocycles. The van der Waals surface area contributed by atoms with Crippen LogP contribution in [0, 0.1) is 12.3 Å². The van der Waals surface area contributed by atoms with E-state index < -0.39 is 0 Å². The molecule has 0 atom stereocenters. The number of hydrogen-bond donors (Lipinski definition) is 1. The van der Waals surface area contributed by atoms with E-state index in [1.807, 2.05) is 12.1 Å². The average molecular weight is 337 g/mol. The highest BCUT2D eigenvalue weighted by Gasteiger charge is 2.38. The fraction of sp³-hybridized carbons (Fsp3) is 0.400. The van der Waals surface area contributed by atoms with E-state index >= 15 is 0 Å². The Labute approximate surface area is 148 Å². The molecule has 1 heterocycles. The molecule has 2 aromatic carbocycles. The molecule has 130 valence electrons. The Morgan fingerprint density at radius 2 is 1.76 bits per heavy atom. The summed E-state index contributed by atoms with van der Waals surface area (Å²) >= 11 is 0. The van der Waals surface area contributed by atoms with Crippen molar-refractivity contribution in [1.82, 2.24) is 5.32 Å². The fourth-order valence-electron chi connectivity index (χ4n) is 2.92. The second-order valence-electron chi connectivity index (χ2n) is 6.20. The lowest BCUT2D eigenvalue weighted by molar-refractivity contribution is 0.356. The van der Waals surface area contributed by atoms with Crippen molar-refractivity contribution >= 4 is 10.8 Å². The number of hydrogen-bond acceptors (Lipinski definition) is 5. The van der Waals surface area contributed by atoms with Crippen molar-refractivity contribution in [3.63, 3.8) is 0 Å². The topological polar surface area (TPSA) is 55.2 Å². The first-order chi connectivity index (χ1) is 12.2. The van der Waals surface area contributed by atoms with Gasteiger partial charge < -0.3 is 14.8 Å². The number of ether oxygens (including phenoxy) is 2. The molecule has 1 aliphatic rings. The lowest BCUT2D eigenvalue weighted by Gasteiger charge is -2.12. The van der Waals surface area contributed by atoms with Crippen LogP contribution in [0.25, 0.3) is 10.8 Å². The van der Waals surface area contributed by atoms with Gasteiger partial charge in [-0.25, -0.2) is 0 Å². The predicted octanol–water partition coefficient (Wildman–Crippen LogP) is 3.91. The van der Waals surface area contributed by atoms with Gasteiger partial charge in [0.2, 0.25) is 0 Å². The van der Waals surface area contributed by atoms with Crippen molar-refractivity contribution in [3.05, 3.63) is 35.9 Å². The standard InChI is InChI=1S/C20H23N3O2/c1-4-5-8-20(22-23-20)9-10-21-14-15-6-7-16-12-18(24-2)19(25-3)13-17(16)11-15/h1,6-7,11-13,21H,5,8-10,14H2,2-3H3. The zero-order chi connectivity index (χ0) is 17.7. The summed E-state index contributed by atoms with van der Waals surface area (Å²) in [6.07, 6.45) is 7.78. The van der Waals surface area contributed by atoms with Crippen molar-refractivity contribution in [3.8, 4) is 23.8 Å². The van der Waals surface area contributed by atoms with E-state index in [2.05, 4.69) is 39.7 Å². The van der Waals surface area contributed by atoms with Gasteiger partial charge in [0.15, 0.2) is 17.2 Å². The molecule has 0 fully saturated rings. The second kappa shape index (κ2) is 7.54. The third-order valence-corrected chi connectivity index (χ3v) is 4.49. The second-order valence-corrected chi connectivity index (χ2v) is 6.20. The minimum atomic E-state index is -0.216. The normalized spacial score (nSPS) is 14.3. The number of terminal acetylenes is 1. The van der Waals surface area contributed by atoms with Crippen LogP contribution < -0.4 is 14.8 Å². The van der Waals surface area contributed by atoms with E-state index in [0.717, 1.165) is 54.6 Å². The maximum absolute atomic E-state index is 5.38. The maximum atomic E-state index is 5.38. The molecule has 5 nitrogen and oxygen atoms in total. The highest BCUT2D eigenvalue weighted by atomic mass is 16.5. The summed E-state index contributed by atoms with van der Waals surface area (Å²) < 4.78 is 10.7. The molecule has 1 N–H and O–H groups in total. The highest BCUT2D eigenvalue weighted by Crippen LogP contribution is 2.36. The van der Waals surface area contributed by atoms with Crippen LogP contribution in [0.15, 0.2) is 40.6 Å². The molecule has 0 amide bonds. The van der Waals surface area contributed by atoms with E-state index in [9.17, 15) is 0 Å². The SMILES string of the molecule is C#CCCC1(CCNCc2ccc3cc(OC)c(OC)cc3c2)N=N1. The number of methoxy groups -OCH3 is 2. The number of nitrogens with one attached hydrogen (secondary N) is 1. The number of benzene rings is 2. The van der Waals surface area contributed by atoms with Gasteiger partial charge >= 0.3 is 0 Å². The smallest absolute Gasteiger partial charge is 0.193 e. The van der Waals surface area contributed by atoms with Crippen LogP contribution in [0.3, 0.4) is 0 Å². The lowest BCUT2D eigenvalue weighted by Crippen LogP contribution is -2.22. The average Bonchev–Trinajstić information content (AvgIpc) is 3.42. The fourth-order valence-corrected chi connectivity index (χ4v) is 2.92. The van der Waals surface area contributed by atoms with Gasteiger partial charge in [0.05, 0.1) is 14.2 Å². The first-order valence-electron chi connectivity index (χ1n) is 8.42. The van der Waals surface area contributed by atoms with Crippen molar-refractivity contribution in [2.45, 2.75) is 31.5 Å². The molecule has 0 saturated heterocycles. The summed E-state index contributed by atoms with van der Waals surface area (Å²) in [5.41, 5.74) is 1.01. The largest absolute Gasteiger partial charge is 0.493 e. The number of rotatable bonds is 9. The maximum Gasteiger partial charge on any atom is 0.193 e. The van der Waals surface area contributed by atoms with Gasteiger partial charge in [-0.1, -0.05) is 12.1 Å². The van der Waals surface area contributed by atoms with E-state index in [-0.39, 0.29) is 5.66 Å². The Balaban J connectivity index is 1.58. The predicted molar refractivity (Wildman–Crippen MR) is 99.0 cm³/mol. The number of nitrogens with zero attached hydrogens (tertiary/aromatic N) is 2. The zero-order valence-electron chi connectivity index (χ0n) is 14.7. The lowest BCUT2D eigenvalue weighted by atomic mass is 10.0. The molecule has 0 spiro atoms. The Morgan fingerprint density at radius 3 is 2.40 bits per heavy atom. The van der Waals surface area contributed by atoms with Gasteiger partial charge in [0.25, 0.3) is 0 Å². The monoisotopic (exact) mass is 337 g/mol. The summed E-state index contributed by atoms with van der Waals surface area (Å²) in [7, 11) is 3.30. The van der Waals surface area contributed by atoms with Gasteiger partial charge in [-0.3, -0.25) is 0 Å². The molecule has 0 aliphatic carbocycles. The highest BCUT2D eigenvalue weighted by molar-refractivity contribution is 5.86. The van der Waals surface area contributed by atoms with Crippen LogP contribution in [0.1, 0.15) is 24.8 Å².